The predicted molar refractivity (Wildman–Crippen MR) is 85.7 cm³/mol. The van der Waals surface area contributed by atoms with Crippen molar-refractivity contribution in [3.05, 3.63) is 35.4 Å². The van der Waals surface area contributed by atoms with Crippen LogP contribution in [0, 0.1) is 12.8 Å². The Bertz CT molecular complexity index is 324. The van der Waals surface area contributed by atoms with Crippen molar-refractivity contribution in [1.82, 2.24) is 5.32 Å². The van der Waals surface area contributed by atoms with Crippen molar-refractivity contribution in [1.29, 1.82) is 0 Å². The summed E-state index contributed by atoms with van der Waals surface area (Å²) in [7, 11) is 0. The molecular formula is C18H31N. The lowest BCUT2D eigenvalue weighted by Crippen LogP contribution is -2.33. The van der Waals surface area contributed by atoms with E-state index in [9.17, 15) is 0 Å². The van der Waals surface area contributed by atoms with E-state index in [1.54, 1.807) is 0 Å². The van der Waals surface area contributed by atoms with Gasteiger partial charge in [-0.3, -0.25) is 0 Å². The quantitative estimate of drug-likeness (QED) is 0.677. The van der Waals surface area contributed by atoms with Crippen LogP contribution in [0.3, 0.4) is 0 Å². The van der Waals surface area contributed by atoms with E-state index in [1.165, 1.54) is 36.8 Å². The molecule has 1 nitrogen and oxygen atoms in total. The summed E-state index contributed by atoms with van der Waals surface area (Å²) in [6.45, 7) is 10.2. The molecule has 1 aromatic rings. The molecule has 0 saturated carbocycles. The van der Waals surface area contributed by atoms with Crippen molar-refractivity contribution in [2.75, 3.05) is 6.54 Å². The Morgan fingerprint density at radius 3 is 2.16 bits per heavy atom. The van der Waals surface area contributed by atoms with Crippen LogP contribution in [0.25, 0.3) is 0 Å². The van der Waals surface area contributed by atoms with E-state index in [4.69, 9.17) is 0 Å². The van der Waals surface area contributed by atoms with Crippen molar-refractivity contribution in [2.45, 2.75) is 65.8 Å². The molecule has 0 aliphatic rings. The number of benzene rings is 1. The van der Waals surface area contributed by atoms with Gasteiger partial charge in [-0.05, 0) is 44.2 Å². The Morgan fingerprint density at radius 1 is 1.00 bits per heavy atom. The molecule has 0 spiro atoms. The highest BCUT2D eigenvalue weighted by Crippen LogP contribution is 2.18. The summed E-state index contributed by atoms with van der Waals surface area (Å²) < 4.78 is 0. The third-order valence-electron chi connectivity index (χ3n) is 4.06. The van der Waals surface area contributed by atoms with E-state index >= 15 is 0 Å². The SMILES string of the molecule is CCCNC(Cc1ccc(C)cc1)CC(CC)CC. The van der Waals surface area contributed by atoms with Gasteiger partial charge in [0.2, 0.25) is 0 Å². The predicted octanol–water partition coefficient (Wildman–Crippen LogP) is 4.73. The van der Waals surface area contributed by atoms with E-state index in [0.717, 1.165) is 18.9 Å². The summed E-state index contributed by atoms with van der Waals surface area (Å²) in [6, 6.07) is 9.64. The lowest BCUT2D eigenvalue weighted by Gasteiger charge is -2.23. The third-order valence-corrected chi connectivity index (χ3v) is 4.06. The second kappa shape index (κ2) is 9.14. The topological polar surface area (TPSA) is 12.0 Å². The molecule has 0 aliphatic carbocycles. The van der Waals surface area contributed by atoms with E-state index in [1.807, 2.05) is 0 Å². The zero-order valence-electron chi connectivity index (χ0n) is 13.2. The summed E-state index contributed by atoms with van der Waals surface area (Å²) in [5, 5.41) is 3.73. The Labute approximate surface area is 119 Å². The van der Waals surface area contributed by atoms with E-state index in [2.05, 4.69) is 57.3 Å². The van der Waals surface area contributed by atoms with Gasteiger partial charge in [-0.15, -0.1) is 0 Å². The molecule has 108 valence electrons. The first-order chi connectivity index (χ1) is 9.19. The normalized spacial score (nSPS) is 12.9. The molecule has 0 fully saturated rings. The van der Waals surface area contributed by atoms with Gasteiger partial charge in [0.1, 0.15) is 0 Å². The maximum Gasteiger partial charge on any atom is 0.0110 e. The molecule has 1 aromatic carbocycles. The smallest absolute Gasteiger partial charge is 0.0110 e. The van der Waals surface area contributed by atoms with Gasteiger partial charge < -0.3 is 5.32 Å². The summed E-state index contributed by atoms with van der Waals surface area (Å²) in [5.41, 5.74) is 2.81. The minimum absolute atomic E-state index is 0.632. The van der Waals surface area contributed by atoms with Gasteiger partial charge in [0.25, 0.3) is 0 Å². The van der Waals surface area contributed by atoms with E-state index < -0.39 is 0 Å². The van der Waals surface area contributed by atoms with Gasteiger partial charge in [0.15, 0.2) is 0 Å². The summed E-state index contributed by atoms with van der Waals surface area (Å²) in [4.78, 5) is 0. The van der Waals surface area contributed by atoms with Gasteiger partial charge in [0.05, 0.1) is 0 Å². The van der Waals surface area contributed by atoms with Crippen molar-refractivity contribution in [3.63, 3.8) is 0 Å². The average molecular weight is 261 g/mol. The average Bonchev–Trinajstić information content (AvgIpc) is 2.44. The molecule has 0 saturated heterocycles. The van der Waals surface area contributed by atoms with Crippen LogP contribution < -0.4 is 5.32 Å². The molecule has 1 N–H and O–H groups in total. The minimum Gasteiger partial charge on any atom is -0.314 e. The first kappa shape index (κ1) is 16.2. The van der Waals surface area contributed by atoms with Crippen molar-refractivity contribution in [3.8, 4) is 0 Å². The fraction of sp³-hybridized carbons (Fsp3) is 0.667. The highest BCUT2D eigenvalue weighted by atomic mass is 14.9. The zero-order chi connectivity index (χ0) is 14.1. The molecule has 0 aromatic heterocycles. The Kier molecular flexibility index (Phi) is 7.81. The molecule has 0 heterocycles. The van der Waals surface area contributed by atoms with Crippen LogP contribution in [0.4, 0.5) is 0 Å². The van der Waals surface area contributed by atoms with Crippen LogP contribution >= 0.6 is 0 Å². The van der Waals surface area contributed by atoms with Crippen molar-refractivity contribution < 1.29 is 0 Å². The largest absolute Gasteiger partial charge is 0.314 e. The summed E-state index contributed by atoms with van der Waals surface area (Å²) in [5.74, 6) is 0.861. The molecular weight excluding hydrogens is 230 g/mol. The first-order valence-electron chi connectivity index (χ1n) is 7.98. The van der Waals surface area contributed by atoms with E-state index in [-0.39, 0.29) is 0 Å². The van der Waals surface area contributed by atoms with Gasteiger partial charge >= 0.3 is 0 Å². The maximum atomic E-state index is 3.73. The molecule has 0 aliphatic heterocycles. The molecule has 19 heavy (non-hydrogen) atoms. The third kappa shape index (κ3) is 6.24. The highest BCUT2D eigenvalue weighted by molar-refractivity contribution is 5.22. The van der Waals surface area contributed by atoms with Crippen LogP contribution in [0.2, 0.25) is 0 Å². The van der Waals surface area contributed by atoms with Crippen LogP contribution in [0.1, 0.15) is 57.6 Å². The highest BCUT2D eigenvalue weighted by Gasteiger charge is 2.14. The number of aryl methyl sites for hydroxylation is 1. The van der Waals surface area contributed by atoms with Gasteiger partial charge in [-0.2, -0.15) is 0 Å². The fourth-order valence-corrected chi connectivity index (χ4v) is 2.62. The fourth-order valence-electron chi connectivity index (χ4n) is 2.62. The molecule has 1 rings (SSSR count). The zero-order valence-corrected chi connectivity index (χ0v) is 13.2. The number of hydrogen-bond acceptors (Lipinski definition) is 1. The second-order valence-corrected chi connectivity index (χ2v) is 5.76. The van der Waals surface area contributed by atoms with Gasteiger partial charge in [-0.1, -0.05) is 63.4 Å². The lowest BCUT2D eigenvalue weighted by atomic mass is 9.91. The van der Waals surface area contributed by atoms with Crippen molar-refractivity contribution in [2.24, 2.45) is 5.92 Å². The van der Waals surface area contributed by atoms with Crippen LogP contribution in [0.5, 0.6) is 0 Å². The van der Waals surface area contributed by atoms with Gasteiger partial charge in [-0.25, -0.2) is 0 Å². The second-order valence-electron chi connectivity index (χ2n) is 5.76. The number of rotatable bonds is 9. The van der Waals surface area contributed by atoms with Crippen LogP contribution in [0.15, 0.2) is 24.3 Å². The van der Waals surface area contributed by atoms with Crippen LogP contribution in [-0.2, 0) is 6.42 Å². The molecule has 1 heteroatoms. The number of nitrogens with one attached hydrogen (secondary N) is 1. The summed E-state index contributed by atoms with van der Waals surface area (Å²) >= 11 is 0. The van der Waals surface area contributed by atoms with Gasteiger partial charge in [0, 0.05) is 6.04 Å². The molecule has 0 amide bonds. The Morgan fingerprint density at radius 2 is 1.63 bits per heavy atom. The molecule has 1 atom stereocenters. The monoisotopic (exact) mass is 261 g/mol. The Balaban J connectivity index is 2.59. The number of hydrogen-bond donors (Lipinski definition) is 1. The summed E-state index contributed by atoms with van der Waals surface area (Å²) in [6.07, 6.45) is 6.29. The Hall–Kier alpha value is -0.820. The standard InChI is InChI=1S/C18H31N/c1-5-12-19-18(13-16(6-2)7-3)14-17-10-8-15(4)9-11-17/h8-11,16,18-19H,5-7,12-14H2,1-4H3. The van der Waals surface area contributed by atoms with E-state index in [0.29, 0.717) is 6.04 Å². The molecule has 1 unspecified atom stereocenters. The minimum atomic E-state index is 0.632. The van der Waals surface area contributed by atoms with Crippen molar-refractivity contribution >= 4 is 0 Å². The maximum absolute atomic E-state index is 3.73. The molecule has 0 bridgehead atoms. The van der Waals surface area contributed by atoms with Crippen LogP contribution in [-0.4, -0.2) is 12.6 Å². The lowest BCUT2D eigenvalue weighted by molar-refractivity contribution is 0.363. The first-order valence-corrected chi connectivity index (χ1v) is 7.98. The molecule has 0 radical (unpaired) electrons.